The molecule has 3 rings (SSSR count). The topological polar surface area (TPSA) is 76.4 Å². The fraction of sp³-hybridized carbons (Fsp3) is 0.722. The van der Waals surface area contributed by atoms with Gasteiger partial charge >= 0.3 is 5.97 Å². The Kier molecular flexibility index (Phi) is 4.54. The smallest absolute Gasteiger partial charge is 0.332 e. The highest BCUT2D eigenvalue weighted by molar-refractivity contribution is 5.83. The molecule has 0 heterocycles. The van der Waals surface area contributed by atoms with E-state index in [1.54, 1.807) is 6.08 Å². The molecule has 3 aliphatic rings. The lowest BCUT2D eigenvalue weighted by Crippen LogP contribution is -2.42. The largest absolute Gasteiger partial charge is 0.460 e. The molecule has 0 aromatic heterocycles. The maximum atomic E-state index is 12.3. The molecule has 23 heavy (non-hydrogen) atoms. The summed E-state index contributed by atoms with van der Waals surface area (Å²) in [6.45, 7) is 5.31. The number of ether oxygens (including phenoxy) is 2. The standard InChI is InChI=1S/C18H23NO4/c1-3-10(2)22-9-16(21)23-18-11-5-4-6-15(20)17-12(11)7-13(18)14(17)8-19/h3,10-14,17-18H,1,4-7,9H2,2H3. The van der Waals surface area contributed by atoms with E-state index >= 15 is 0 Å². The Hall–Kier alpha value is -1.67. The SMILES string of the molecule is C=CC(C)OCC(=O)OC1C2CC3C1CCCC(=O)C3C2C#N. The minimum absolute atomic E-state index is 0.00262. The van der Waals surface area contributed by atoms with Gasteiger partial charge in [-0.1, -0.05) is 6.08 Å². The molecule has 5 nitrogen and oxygen atoms in total. The number of carbonyl (C=O) groups excluding carboxylic acids is 2. The van der Waals surface area contributed by atoms with Crippen molar-refractivity contribution < 1.29 is 19.1 Å². The van der Waals surface area contributed by atoms with Crippen LogP contribution in [0.1, 0.15) is 32.6 Å². The third-order valence-corrected chi connectivity index (χ3v) is 5.79. The predicted molar refractivity (Wildman–Crippen MR) is 82.0 cm³/mol. The van der Waals surface area contributed by atoms with Crippen molar-refractivity contribution in [2.24, 2.45) is 29.6 Å². The summed E-state index contributed by atoms with van der Waals surface area (Å²) >= 11 is 0. The van der Waals surface area contributed by atoms with Gasteiger partial charge in [0.05, 0.1) is 18.1 Å². The fourth-order valence-corrected chi connectivity index (χ4v) is 4.78. The molecule has 0 saturated heterocycles. The molecule has 124 valence electrons. The molecular formula is C18H23NO4. The molecule has 0 N–H and O–H groups in total. The molecule has 2 bridgehead atoms. The lowest BCUT2D eigenvalue weighted by atomic mass is 9.72. The fourth-order valence-electron chi connectivity index (χ4n) is 4.78. The second kappa shape index (κ2) is 6.45. The minimum Gasteiger partial charge on any atom is -0.460 e. The highest BCUT2D eigenvalue weighted by atomic mass is 16.6. The summed E-state index contributed by atoms with van der Waals surface area (Å²) in [5, 5.41) is 9.49. The summed E-state index contributed by atoms with van der Waals surface area (Å²) in [5.74, 6) is -0.146. The number of hydrogen-bond donors (Lipinski definition) is 0. The summed E-state index contributed by atoms with van der Waals surface area (Å²) in [4.78, 5) is 24.4. The summed E-state index contributed by atoms with van der Waals surface area (Å²) in [6.07, 6.45) is 4.32. The molecular weight excluding hydrogens is 294 g/mol. The van der Waals surface area contributed by atoms with Crippen molar-refractivity contribution in [2.45, 2.75) is 44.8 Å². The molecule has 0 amide bonds. The van der Waals surface area contributed by atoms with Crippen LogP contribution in [0.3, 0.4) is 0 Å². The van der Waals surface area contributed by atoms with Gasteiger partial charge in [0, 0.05) is 18.3 Å². The lowest BCUT2D eigenvalue weighted by Gasteiger charge is -2.35. The molecule has 3 aliphatic carbocycles. The first kappa shape index (κ1) is 16.2. The molecule has 3 fully saturated rings. The second-order valence-corrected chi connectivity index (χ2v) is 6.97. The first-order valence-corrected chi connectivity index (χ1v) is 8.42. The summed E-state index contributed by atoms with van der Waals surface area (Å²) < 4.78 is 11.0. The number of hydrogen-bond acceptors (Lipinski definition) is 5. The van der Waals surface area contributed by atoms with Crippen molar-refractivity contribution in [3.8, 4) is 6.07 Å². The summed E-state index contributed by atoms with van der Waals surface area (Å²) in [5.41, 5.74) is 0. The number of Topliss-reactive ketones (excluding diaryl/α,β-unsaturated/α-hetero) is 1. The predicted octanol–water partition coefficient (Wildman–Crippen LogP) is 2.26. The van der Waals surface area contributed by atoms with E-state index in [0.29, 0.717) is 6.42 Å². The molecule has 7 unspecified atom stereocenters. The van der Waals surface area contributed by atoms with Crippen LogP contribution in [0.15, 0.2) is 12.7 Å². The summed E-state index contributed by atoms with van der Waals surface area (Å²) in [7, 11) is 0. The number of esters is 1. The molecule has 5 heteroatoms. The molecule has 0 spiro atoms. The van der Waals surface area contributed by atoms with E-state index in [2.05, 4.69) is 12.6 Å². The van der Waals surface area contributed by atoms with Crippen molar-refractivity contribution in [3.05, 3.63) is 12.7 Å². The van der Waals surface area contributed by atoms with Gasteiger partial charge in [0.25, 0.3) is 0 Å². The molecule has 7 atom stereocenters. The van der Waals surface area contributed by atoms with Crippen LogP contribution in [0, 0.1) is 40.9 Å². The quantitative estimate of drug-likeness (QED) is 0.574. The van der Waals surface area contributed by atoms with Gasteiger partial charge in [0.15, 0.2) is 0 Å². The Labute approximate surface area is 136 Å². The number of ketones is 1. The van der Waals surface area contributed by atoms with Crippen LogP contribution in [-0.4, -0.2) is 30.6 Å². The number of fused-ring (bicyclic) bond motifs is 1. The van der Waals surface area contributed by atoms with E-state index in [9.17, 15) is 14.9 Å². The third-order valence-electron chi connectivity index (χ3n) is 5.79. The van der Waals surface area contributed by atoms with E-state index in [4.69, 9.17) is 9.47 Å². The Morgan fingerprint density at radius 3 is 2.96 bits per heavy atom. The zero-order valence-corrected chi connectivity index (χ0v) is 13.4. The Balaban J connectivity index is 1.69. The normalized spacial score (nSPS) is 39.4. The maximum absolute atomic E-state index is 12.3. The Morgan fingerprint density at radius 1 is 1.48 bits per heavy atom. The zero-order chi connectivity index (χ0) is 16.6. The van der Waals surface area contributed by atoms with Gasteiger partial charge in [-0.25, -0.2) is 4.79 Å². The minimum atomic E-state index is -0.389. The molecule has 0 aliphatic heterocycles. The van der Waals surface area contributed by atoms with Crippen molar-refractivity contribution in [1.82, 2.24) is 0 Å². The molecule has 0 aromatic rings. The van der Waals surface area contributed by atoms with Crippen molar-refractivity contribution in [2.75, 3.05) is 6.61 Å². The highest BCUT2D eigenvalue weighted by Gasteiger charge is 2.62. The van der Waals surface area contributed by atoms with Crippen LogP contribution in [0.25, 0.3) is 0 Å². The average Bonchev–Trinajstić information content (AvgIpc) is 3.04. The number of carbonyl (C=O) groups is 2. The van der Waals surface area contributed by atoms with Gasteiger partial charge in [0.2, 0.25) is 0 Å². The van der Waals surface area contributed by atoms with Gasteiger partial charge in [-0.2, -0.15) is 5.26 Å². The van der Waals surface area contributed by atoms with E-state index in [0.717, 1.165) is 19.3 Å². The number of nitriles is 1. The van der Waals surface area contributed by atoms with Gasteiger partial charge in [-0.15, -0.1) is 6.58 Å². The Bertz CT molecular complexity index is 552. The van der Waals surface area contributed by atoms with Gasteiger partial charge in [-0.05, 0) is 38.0 Å². The van der Waals surface area contributed by atoms with Crippen molar-refractivity contribution in [3.63, 3.8) is 0 Å². The zero-order valence-electron chi connectivity index (χ0n) is 13.4. The first-order valence-electron chi connectivity index (χ1n) is 8.42. The van der Waals surface area contributed by atoms with Gasteiger partial charge in [-0.3, -0.25) is 4.79 Å². The van der Waals surface area contributed by atoms with Crippen LogP contribution in [-0.2, 0) is 19.1 Å². The van der Waals surface area contributed by atoms with Gasteiger partial charge in [0.1, 0.15) is 18.5 Å². The third kappa shape index (κ3) is 2.81. The van der Waals surface area contributed by atoms with Crippen molar-refractivity contribution >= 4 is 11.8 Å². The van der Waals surface area contributed by atoms with E-state index in [1.165, 1.54) is 0 Å². The van der Waals surface area contributed by atoms with Crippen LogP contribution >= 0.6 is 0 Å². The van der Waals surface area contributed by atoms with Crippen molar-refractivity contribution in [1.29, 1.82) is 5.26 Å². The number of rotatable bonds is 5. The molecule has 3 saturated carbocycles. The van der Waals surface area contributed by atoms with E-state index < -0.39 is 0 Å². The number of nitrogens with zero attached hydrogens (tertiary/aromatic N) is 1. The van der Waals surface area contributed by atoms with E-state index in [1.807, 2.05) is 6.92 Å². The lowest BCUT2D eigenvalue weighted by molar-refractivity contribution is -0.163. The molecule has 0 radical (unpaired) electrons. The Morgan fingerprint density at radius 2 is 2.26 bits per heavy atom. The second-order valence-electron chi connectivity index (χ2n) is 6.97. The summed E-state index contributed by atoms with van der Waals surface area (Å²) in [6, 6.07) is 2.31. The maximum Gasteiger partial charge on any atom is 0.332 e. The average molecular weight is 317 g/mol. The molecule has 0 aromatic carbocycles. The van der Waals surface area contributed by atoms with Crippen LogP contribution in [0.2, 0.25) is 0 Å². The van der Waals surface area contributed by atoms with Crippen LogP contribution < -0.4 is 0 Å². The van der Waals surface area contributed by atoms with Crippen LogP contribution in [0.4, 0.5) is 0 Å². The van der Waals surface area contributed by atoms with E-state index in [-0.39, 0.29) is 60.2 Å². The highest BCUT2D eigenvalue weighted by Crippen LogP contribution is 2.59. The first-order chi connectivity index (χ1) is 11.1. The van der Waals surface area contributed by atoms with Crippen LogP contribution in [0.5, 0.6) is 0 Å². The van der Waals surface area contributed by atoms with Gasteiger partial charge < -0.3 is 9.47 Å². The monoisotopic (exact) mass is 317 g/mol.